The number of hydrogen-bond acceptors (Lipinski definition) is 6. The molecular formula is C7H7BrN4S2. The van der Waals surface area contributed by atoms with Crippen molar-refractivity contribution in [2.75, 3.05) is 0 Å². The van der Waals surface area contributed by atoms with Gasteiger partial charge in [0.1, 0.15) is 4.88 Å². The summed E-state index contributed by atoms with van der Waals surface area (Å²) in [6, 6.07) is 0. The molecule has 14 heavy (non-hydrogen) atoms. The molecule has 0 aliphatic rings. The molecule has 74 valence electrons. The van der Waals surface area contributed by atoms with E-state index in [0.717, 1.165) is 19.5 Å². The van der Waals surface area contributed by atoms with Gasteiger partial charge in [0.05, 0.1) is 5.69 Å². The molecule has 2 aromatic heterocycles. The summed E-state index contributed by atoms with van der Waals surface area (Å²) in [5, 5.41) is 12.9. The van der Waals surface area contributed by atoms with Gasteiger partial charge in [0.15, 0.2) is 8.92 Å². The molecule has 0 atom stereocenters. The molecule has 2 heterocycles. The number of aromatic nitrogens is 4. The molecule has 2 aromatic rings. The van der Waals surface area contributed by atoms with E-state index in [-0.39, 0.29) is 0 Å². The van der Waals surface area contributed by atoms with E-state index in [4.69, 9.17) is 0 Å². The smallest absolute Gasteiger partial charge is 0.142 e. The molecule has 0 spiro atoms. The van der Waals surface area contributed by atoms with Gasteiger partial charge in [-0.3, -0.25) is 0 Å². The second kappa shape index (κ2) is 4.00. The molecule has 0 bridgehead atoms. The summed E-state index contributed by atoms with van der Waals surface area (Å²) in [5.74, 6) is 0.367. The van der Waals surface area contributed by atoms with Crippen molar-refractivity contribution < 1.29 is 0 Å². The van der Waals surface area contributed by atoms with Gasteiger partial charge in [-0.05, 0) is 33.4 Å². The van der Waals surface area contributed by atoms with Crippen LogP contribution in [-0.2, 0) is 0 Å². The highest BCUT2D eigenvalue weighted by Crippen LogP contribution is 2.33. The molecule has 0 amide bonds. The fourth-order valence-corrected chi connectivity index (χ4v) is 3.02. The maximum atomic E-state index is 4.09. The Morgan fingerprint density at radius 2 is 2.00 bits per heavy atom. The number of hydrogen-bond donors (Lipinski definition) is 0. The average Bonchev–Trinajstić information content (AvgIpc) is 2.70. The van der Waals surface area contributed by atoms with E-state index in [1.54, 1.807) is 0 Å². The first-order chi connectivity index (χ1) is 6.68. The van der Waals surface area contributed by atoms with Crippen LogP contribution in [-0.4, -0.2) is 19.8 Å². The highest BCUT2D eigenvalue weighted by molar-refractivity contribution is 9.11. The van der Waals surface area contributed by atoms with Crippen molar-refractivity contribution in [3.05, 3.63) is 9.61 Å². The third kappa shape index (κ3) is 1.84. The average molecular weight is 291 g/mol. The molecule has 0 fully saturated rings. The fraction of sp³-hybridized carbons (Fsp3) is 0.429. The van der Waals surface area contributed by atoms with Crippen molar-refractivity contribution in [1.29, 1.82) is 0 Å². The minimum absolute atomic E-state index is 0.367. The van der Waals surface area contributed by atoms with Crippen LogP contribution in [0.2, 0.25) is 0 Å². The lowest BCUT2D eigenvalue weighted by atomic mass is 10.1. The predicted octanol–water partition coefficient (Wildman–Crippen LogP) is 2.94. The van der Waals surface area contributed by atoms with Crippen molar-refractivity contribution in [2.24, 2.45) is 0 Å². The van der Waals surface area contributed by atoms with Crippen molar-refractivity contribution in [3.63, 3.8) is 0 Å². The normalized spacial score (nSPS) is 11.1. The molecule has 7 heteroatoms. The summed E-state index contributed by atoms with van der Waals surface area (Å²) in [5.41, 5.74) is 0.999. The van der Waals surface area contributed by atoms with Gasteiger partial charge in [0, 0.05) is 0 Å². The lowest BCUT2D eigenvalue weighted by Gasteiger charge is -1.99. The zero-order chi connectivity index (χ0) is 10.1. The summed E-state index contributed by atoms with van der Waals surface area (Å²) in [6.07, 6.45) is 0. The van der Waals surface area contributed by atoms with Crippen LogP contribution in [0.15, 0.2) is 3.92 Å². The molecule has 0 N–H and O–H groups in total. The lowest BCUT2D eigenvalue weighted by Crippen LogP contribution is -1.90. The molecule has 0 aliphatic heterocycles. The first kappa shape index (κ1) is 10.1. The van der Waals surface area contributed by atoms with E-state index in [1.807, 2.05) is 0 Å². The number of nitrogens with zero attached hydrogens (tertiary/aromatic N) is 4. The first-order valence-electron chi connectivity index (χ1n) is 4.00. The van der Waals surface area contributed by atoms with Gasteiger partial charge in [0.2, 0.25) is 0 Å². The van der Waals surface area contributed by atoms with Crippen molar-refractivity contribution >= 4 is 38.8 Å². The highest BCUT2D eigenvalue weighted by Gasteiger charge is 2.16. The molecule has 0 aromatic carbocycles. The third-order valence-corrected chi connectivity index (χ3v) is 3.91. The first-order valence-corrected chi connectivity index (χ1v) is 6.38. The topological polar surface area (TPSA) is 51.6 Å². The van der Waals surface area contributed by atoms with Crippen LogP contribution in [0.4, 0.5) is 0 Å². The van der Waals surface area contributed by atoms with Gasteiger partial charge < -0.3 is 0 Å². The van der Waals surface area contributed by atoms with Gasteiger partial charge in [-0.2, -0.15) is 0 Å². The van der Waals surface area contributed by atoms with E-state index in [1.165, 1.54) is 22.9 Å². The Kier molecular flexibility index (Phi) is 2.89. The summed E-state index contributed by atoms with van der Waals surface area (Å²) >= 11 is 6.16. The van der Waals surface area contributed by atoms with Crippen molar-refractivity contribution in [2.45, 2.75) is 19.8 Å². The standard InChI is InChI=1S/C7H7BrN4S2/c1-3(2)4-5(14-12-9-4)6-10-11-7(8)13-6/h3H,1-2H3. The van der Waals surface area contributed by atoms with E-state index >= 15 is 0 Å². The quantitative estimate of drug-likeness (QED) is 0.853. The number of halogens is 1. The Morgan fingerprint density at radius 3 is 2.57 bits per heavy atom. The molecule has 2 rings (SSSR count). The Hall–Kier alpha value is -0.400. The molecular weight excluding hydrogens is 284 g/mol. The van der Waals surface area contributed by atoms with Crippen molar-refractivity contribution in [1.82, 2.24) is 19.8 Å². The minimum atomic E-state index is 0.367. The zero-order valence-electron chi connectivity index (χ0n) is 7.56. The molecule has 4 nitrogen and oxygen atoms in total. The van der Waals surface area contributed by atoms with E-state index in [9.17, 15) is 0 Å². The van der Waals surface area contributed by atoms with Crippen LogP contribution >= 0.6 is 38.8 Å². The van der Waals surface area contributed by atoms with Crippen LogP contribution in [0, 0.1) is 0 Å². The van der Waals surface area contributed by atoms with Crippen LogP contribution < -0.4 is 0 Å². The van der Waals surface area contributed by atoms with Crippen LogP contribution in [0.3, 0.4) is 0 Å². The molecule has 0 radical (unpaired) electrons. The third-order valence-electron chi connectivity index (χ3n) is 1.65. The Balaban J connectivity index is 2.46. The Bertz CT molecular complexity index is 436. The van der Waals surface area contributed by atoms with Crippen LogP contribution in [0.1, 0.15) is 25.5 Å². The molecule has 0 saturated carbocycles. The van der Waals surface area contributed by atoms with Crippen LogP contribution in [0.5, 0.6) is 0 Å². The van der Waals surface area contributed by atoms with Gasteiger partial charge >= 0.3 is 0 Å². The Morgan fingerprint density at radius 1 is 1.21 bits per heavy atom. The summed E-state index contributed by atoms with van der Waals surface area (Å²) < 4.78 is 4.73. The molecule has 0 unspecified atom stereocenters. The van der Waals surface area contributed by atoms with Gasteiger partial charge in [-0.15, -0.1) is 15.3 Å². The molecule has 0 saturated heterocycles. The summed E-state index contributed by atoms with van der Waals surface area (Å²) in [4.78, 5) is 1.03. The highest BCUT2D eigenvalue weighted by atomic mass is 79.9. The lowest BCUT2D eigenvalue weighted by molar-refractivity contribution is 0.813. The van der Waals surface area contributed by atoms with Gasteiger partial charge in [0.25, 0.3) is 0 Å². The second-order valence-electron chi connectivity index (χ2n) is 3.00. The second-order valence-corrected chi connectivity index (χ2v) is 6.01. The SMILES string of the molecule is CC(C)c1nnsc1-c1nnc(Br)s1. The van der Waals surface area contributed by atoms with Gasteiger partial charge in [-0.25, -0.2) is 0 Å². The predicted molar refractivity (Wildman–Crippen MR) is 60.6 cm³/mol. The van der Waals surface area contributed by atoms with Crippen LogP contribution in [0.25, 0.3) is 9.88 Å². The monoisotopic (exact) mass is 290 g/mol. The summed E-state index contributed by atoms with van der Waals surface area (Å²) in [7, 11) is 0. The molecule has 0 aliphatic carbocycles. The van der Waals surface area contributed by atoms with E-state index in [2.05, 4.69) is 49.6 Å². The summed E-state index contributed by atoms with van der Waals surface area (Å²) in [6.45, 7) is 4.19. The minimum Gasteiger partial charge on any atom is -0.142 e. The fourth-order valence-electron chi connectivity index (χ4n) is 1.02. The Labute approximate surface area is 97.7 Å². The van der Waals surface area contributed by atoms with Crippen molar-refractivity contribution in [3.8, 4) is 9.88 Å². The maximum absolute atomic E-state index is 4.09. The number of rotatable bonds is 2. The van der Waals surface area contributed by atoms with E-state index in [0.29, 0.717) is 5.92 Å². The largest absolute Gasteiger partial charge is 0.183 e. The maximum Gasteiger partial charge on any atom is 0.183 e. The zero-order valence-corrected chi connectivity index (χ0v) is 10.8. The van der Waals surface area contributed by atoms with E-state index < -0.39 is 0 Å². The van der Waals surface area contributed by atoms with Gasteiger partial charge in [-0.1, -0.05) is 29.7 Å².